The van der Waals surface area contributed by atoms with Crippen molar-refractivity contribution in [1.29, 1.82) is 2.86 Å². The molecule has 9 rings (SSSR count). The number of aliphatic hydroxyl groups excluding tert-OH is 8. The summed E-state index contributed by atoms with van der Waals surface area (Å²) < 4.78 is 56.0. The molecule has 3 aromatic heterocycles. The maximum atomic E-state index is 12.9. The van der Waals surface area contributed by atoms with E-state index in [1.165, 1.54) is 55.6 Å². The Morgan fingerprint density at radius 3 is 1.24 bits per heavy atom. The summed E-state index contributed by atoms with van der Waals surface area (Å²) in [5.74, 6) is -2.99. The molecule has 3 saturated heterocycles. The van der Waals surface area contributed by atoms with Crippen LogP contribution >= 0.6 is 8.30 Å². The zero-order valence-corrected chi connectivity index (χ0v) is 51.0. The number of aliphatic hydroxyl groups is 8. The van der Waals surface area contributed by atoms with Crippen molar-refractivity contribution >= 4 is 43.5 Å². The van der Waals surface area contributed by atoms with E-state index in [1.807, 2.05) is 12.7 Å². The lowest BCUT2D eigenvalue weighted by molar-refractivity contribution is -0.0495. The summed E-state index contributed by atoms with van der Waals surface area (Å²) >= 11 is 0. The van der Waals surface area contributed by atoms with Crippen LogP contribution in [0.2, 0.25) is 0 Å². The first-order valence-corrected chi connectivity index (χ1v) is 29.6. The van der Waals surface area contributed by atoms with E-state index in [1.54, 1.807) is 84.9 Å². The van der Waals surface area contributed by atoms with Gasteiger partial charge in [-0.1, -0.05) is 54.6 Å². The molecule has 3 aliphatic rings. The fourth-order valence-corrected chi connectivity index (χ4v) is 12.0. The number of carbonyl (C=O) groups excluding carboxylic acids is 3. The van der Waals surface area contributed by atoms with Gasteiger partial charge in [0, 0.05) is 64.3 Å². The van der Waals surface area contributed by atoms with Crippen molar-refractivity contribution in [3.8, 4) is 0 Å². The highest BCUT2D eigenvalue weighted by Gasteiger charge is 2.47. The number of aromatic nitrogens is 6. The van der Waals surface area contributed by atoms with Gasteiger partial charge in [-0.25, -0.2) is 14.4 Å². The number of nitrogens with one attached hydrogen (secondary N) is 3. The maximum absolute atomic E-state index is 12.9. The number of anilines is 3. The van der Waals surface area contributed by atoms with Gasteiger partial charge in [0.2, 0.25) is 2.86 Å². The van der Waals surface area contributed by atoms with E-state index in [0.717, 1.165) is 9.13 Å². The van der Waals surface area contributed by atoms with Gasteiger partial charge in [-0.05, 0) is 103 Å². The van der Waals surface area contributed by atoms with Gasteiger partial charge in [0.15, 0.2) is 0 Å². The number of hydrogen-bond donors (Lipinski definition) is 11. The largest absolute Gasteiger partial charge is 0.400 e. The highest BCUT2D eigenvalue weighted by atomic mass is 31.2. The van der Waals surface area contributed by atoms with Gasteiger partial charge in [-0.15, -0.1) is 0 Å². The van der Waals surface area contributed by atoms with Crippen molar-refractivity contribution in [1.82, 2.24) is 33.3 Å². The molecule has 29 heteroatoms. The van der Waals surface area contributed by atoms with E-state index in [4.69, 9.17) is 24.3 Å². The lowest BCUT2D eigenvalue weighted by Crippen LogP contribution is -2.37. The Bertz CT molecular complexity index is 3300. The Labute approximate surface area is 520 Å². The summed E-state index contributed by atoms with van der Waals surface area (Å²) in [7, 11) is 1.56. The van der Waals surface area contributed by atoms with Crippen molar-refractivity contribution in [3.05, 3.63) is 176 Å². The molecule has 6 heterocycles. The molecule has 0 bridgehead atoms. The Kier molecular flexibility index (Phi) is 26.1. The van der Waals surface area contributed by atoms with E-state index in [-0.39, 0.29) is 55.9 Å². The molecular weight excluding hydrogens is 1180 g/mol. The third-order valence-corrected chi connectivity index (χ3v) is 16.2. The van der Waals surface area contributed by atoms with Crippen molar-refractivity contribution in [3.63, 3.8) is 0 Å². The second-order valence-electron chi connectivity index (χ2n) is 20.5. The summed E-state index contributed by atoms with van der Waals surface area (Å²) in [4.78, 5) is 85.7. The molecule has 13 atom stereocenters. The van der Waals surface area contributed by atoms with Crippen LogP contribution in [0.4, 0.5) is 17.5 Å². The SMILES string of the molecule is O=C(Nc1ccn([C@@H]2O[C@H](CO)C(O)[C@H]2CO)c(=O)n1)c1ccccc1.[2H]C[C@H]1O[C@@H](n2ccc(NC(=O)c3ccccc3)nc2=O)[C@H](CO)C1O.[2H]C[C@H]1O[C@@H](n2ccc(NC(=O)c3ccccc3)nc2=O)[C@H](CO)C1OP(C)N(C(C)C)C(C)C.[3H]OC.[3H]OC. The Morgan fingerprint density at radius 1 is 0.573 bits per heavy atom. The molecule has 0 saturated carbocycles. The predicted molar refractivity (Wildman–Crippen MR) is 329 cm³/mol. The third kappa shape index (κ3) is 18.6. The number of ether oxygens (including phenoxy) is 3. The van der Waals surface area contributed by atoms with Crippen molar-refractivity contribution < 1.29 is 76.7 Å². The molecule has 0 spiro atoms. The average molecular weight is 1270 g/mol. The van der Waals surface area contributed by atoms with E-state index in [2.05, 4.69) is 73.5 Å². The van der Waals surface area contributed by atoms with Gasteiger partial charge in [0.05, 0.1) is 74.7 Å². The predicted octanol–water partition coefficient (Wildman–Crippen LogP) is 2.42. The topological polar surface area (TPSA) is 394 Å². The lowest BCUT2D eigenvalue weighted by Gasteiger charge is -2.37. The number of benzene rings is 3. The van der Waals surface area contributed by atoms with E-state index >= 15 is 0 Å². The molecule has 3 fully saturated rings. The van der Waals surface area contributed by atoms with Crippen LogP contribution in [0.5, 0.6) is 0 Å². The molecule has 3 aliphatic heterocycles. The van der Waals surface area contributed by atoms with Crippen molar-refractivity contribution in [2.75, 3.05) is 63.3 Å². The van der Waals surface area contributed by atoms with Gasteiger partial charge in [-0.3, -0.25) is 32.8 Å². The molecule has 89 heavy (non-hydrogen) atoms. The summed E-state index contributed by atoms with van der Waals surface area (Å²) in [6.07, 6.45) is -3.53. The van der Waals surface area contributed by atoms with E-state index in [0.29, 0.717) is 16.7 Å². The lowest BCUT2D eigenvalue weighted by atomic mass is 10.0. The number of rotatable bonds is 18. The molecule has 11 N–H and O–H groups in total. The third-order valence-electron chi connectivity index (χ3n) is 14.1. The van der Waals surface area contributed by atoms with Gasteiger partial charge in [0.25, 0.3) is 17.7 Å². The zero-order chi connectivity index (χ0) is 68.5. The first-order valence-electron chi connectivity index (χ1n) is 30.2. The van der Waals surface area contributed by atoms with Crippen LogP contribution in [0.25, 0.3) is 0 Å². The summed E-state index contributed by atoms with van der Waals surface area (Å²) in [5, 5.41) is 73.2. The standard InChI is InChI=1S/C24H35N4O5P.C17H19N3O6.C17H19N3O5.2CH4O/c1-15(2)28(16(3)4)34(6)33-21-17(5)32-23(19(21)14-29)27-13-12-20(26-24(27)31)25-22(30)18-10-8-7-9-11-18;21-8-11-14(23)12(9-22)26-16(11)20-7-6-13(19-17(20)25)18-15(24)10-4-2-1-3-5-10;1-10-14(22)12(9-21)16(25-10)20-8-7-13(19-17(20)24)18-15(23)11-5-3-2-4-6-11;2*1-2/h7-13,15-17,19,21,23,29H,14H2,1-6H3,(H,25,26,30,31);1-7,11-12,14,16,21-23H,8-9H2,(H,18,19,24,25);2-8,10,12,14,16,21-22H,9H2,1H3,(H,18,19,23,24);2*2H,1H3/t17-,19-,21?,23-,34?;11-,12-,14?,16-;10-,12-,14?,16-;;/m111../s1/i5D;;1D;2*2T. The molecule has 28 nitrogen and oxygen atoms in total. The summed E-state index contributed by atoms with van der Waals surface area (Å²) in [6.45, 7) is 8.60. The van der Waals surface area contributed by atoms with Crippen LogP contribution in [0.15, 0.2) is 142 Å². The zero-order valence-electron chi connectivity index (χ0n) is 54.1. The fraction of sp³-hybridized carbons (Fsp3) is 0.450. The van der Waals surface area contributed by atoms with E-state index < -0.39 is 130 Å². The second-order valence-corrected chi connectivity index (χ2v) is 22.1. The van der Waals surface area contributed by atoms with Crippen LogP contribution in [-0.4, -0.2) is 191 Å². The molecular formula is C60H81N10O18P. The molecule has 484 valence electrons. The highest BCUT2D eigenvalue weighted by molar-refractivity contribution is 7.49. The number of carbonyl (C=O) groups is 3. The number of hydrogen-bond acceptors (Lipinski definition) is 22. The van der Waals surface area contributed by atoms with Gasteiger partial charge >= 0.3 is 17.1 Å². The minimum absolute atomic E-state index is 0.0675. The van der Waals surface area contributed by atoms with Crippen LogP contribution in [-0.2, 0) is 18.7 Å². The minimum atomic E-state index is -1.11. The van der Waals surface area contributed by atoms with Gasteiger partial charge in [0.1, 0.15) is 50.5 Å². The monoisotopic (exact) mass is 1270 g/mol. The van der Waals surface area contributed by atoms with Crippen LogP contribution < -0.4 is 33.0 Å². The fourth-order valence-electron chi connectivity index (χ4n) is 9.95. The summed E-state index contributed by atoms with van der Waals surface area (Å²) in [5.41, 5.74) is -0.744. The molecule has 0 radical (unpaired) electrons. The second kappa shape index (κ2) is 35.1. The molecule has 3 amide bonds. The van der Waals surface area contributed by atoms with Crippen molar-refractivity contribution in [2.24, 2.45) is 17.8 Å². The van der Waals surface area contributed by atoms with E-state index in [9.17, 15) is 59.4 Å². The molecule has 0 aliphatic carbocycles. The molecule has 6 aromatic rings. The Hall–Kier alpha value is -7.38. The first kappa shape index (κ1) is 66.0. The van der Waals surface area contributed by atoms with Crippen LogP contribution in [0.1, 0.15) is 94.0 Å². The number of nitrogens with zero attached hydrogens (tertiary/aromatic N) is 7. The van der Waals surface area contributed by atoms with Gasteiger partial charge < -0.3 is 75.5 Å². The Morgan fingerprint density at radius 2 is 0.910 bits per heavy atom. The Balaban J connectivity index is 0.000000245. The molecule has 3 aromatic carbocycles. The first-order chi connectivity index (χ1) is 44.6. The quantitative estimate of drug-likeness (QED) is 0.0550. The highest BCUT2D eigenvalue weighted by Crippen LogP contribution is 2.48. The normalized spacial score (nSPS) is 24.3. The smallest absolute Gasteiger partial charge is 0.351 e. The van der Waals surface area contributed by atoms with Gasteiger partial charge in [-0.2, -0.15) is 15.0 Å². The van der Waals surface area contributed by atoms with Crippen LogP contribution in [0.3, 0.4) is 0 Å². The summed E-state index contributed by atoms with van der Waals surface area (Å²) in [6, 6.07) is 30.5. The van der Waals surface area contributed by atoms with Crippen molar-refractivity contribution in [2.45, 2.75) is 109 Å². The maximum Gasteiger partial charge on any atom is 0.351 e. The number of amides is 3. The minimum Gasteiger partial charge on any atom is -0.400 e. The average Bonchev–Trinajstić information content (AvgIpc) is 1.69. The molecule has 4 unspecified atom stereocenters. The van der Waals surface area contributed by atoms with Crippen LogP contribution in [0, 0.1) is 17.8 Å².